The van der Waals surface area contributed by atoms with E-state index < -0.39 is 0 Å². The van der Waals surface area contributed by atoms with Gasteiger partial charge in [0.05, 0.1) is 7.11 Å². The van der Waals surface area contributed by atoms with E-state index in [-0.39, 0.29) is 0 Å². The van der Waals surface area contributed by atoms with Crippen molar-refractivity contribution in [2.45, 2.75) is 33.2 Å². The van der Waals surface area contributed by atoms with Gasteiger partial charge in [-0.05, 0) is 29.9 Å². The summed E-state index contributed by atoms with van der Waals surface area (Å²) in [7, 11) is 1.71. The van der Waals surface area contributed by atoms with Gasteiger partial charge in [-0.3, -0.25) is 0 Å². The van der Waals surface area contributed by atoms with Crippen LogP contribution in [-0.2, 0) is 6.54 Å². The van der Waals surface area contributed by atoms with Gasteiger partial charge in [-0.25, -0.2) is 0 Å². The molecule has 1 saturated heterocycles. The number of methoxy groups -OCH3 is 1. The molecular weight excluding hydrogens is 224 g/mol. The molecular formula is C15H24N2O. The third-order valence-electron chi connectivity index (χ3n) is 3.97. The molecule has 1 aromatic rings. The molecule has 1 heterocycles. The molecule has 0 saturated carbocycles. The van der Waals surface area contributed by atoms with Crippen LogP contribution in [0.3, 0.4) is 0 Å². The maximum atomic E-state index is 5.83. The van der Waals surface area contributed by atoms with E-state index in [1.165, 1.54) is 24.1 Å². The number of hydrogen-bond donors (Lipinski definition) is 1. The van der Waals surface area contributed by atoms with Gasteiger partial charge >= 0.3 is 0 Å². The van der Waals surface area contributed by atoms with Crippen molar-refractivity contribution in [3.05, 3.63) is 23.8 Å². The van der Waals surface area contributed by atoms with Crippen LogP contribution in [0.15, 0.2) is 18.2 Å². The average Bonchev–Trinajstić information content (AvgIpc) is 2.38. The fraction of sp³-hybridized carbons (Fsp3) is 0.600. The molecule has 3 heteroatoms. The number of anilines is 1. The highest BCUT2D eigenvalue weighted by atomic mass is 16.5. The van der Waals surface area contributed by atoms with Gasteiger partial charge in [-0.2, -0.15) is 0 Å². The molecule has 0 aromatic heterocycles. The minimum Gasteiger partial charge on any atom is -0.497 e. The summed E-state index contributed by atoms with van der Waals surface area (Å²) in [6.45, 7) is 7.49. The molecule has 100 valence electrons. The van der Waals surface area contributed by atoms with Crippen LogP contribution < -0.4 is 15.4 Å². The molecule has 18 heavy (non-hydrogen) atoms. The Hall–Kier alpha value is -1.22. The van der Waals surface area contributed by atoms with E-state index in [9.17, 15) is 0 Å². The topological polar surface area (TPSA) is 38.5 Å². The summed E-state index contributed by atoms with van der Waals surface area (Å²) in [5, 5.41) is 0. The maximum Gasteiger partial charge on any atom is 0.120 e. The van der Waals surface area contributed by atoms with E-state index in [1.54, 1.807) is 7.11 Å². The first-order valence-corrected chi connectivity index (χ1v) is 6.68. The summed E-state index contributed by atoms with van der Waals surface area (Å²) in [6.07, 6.45) is 2.46. The van der Waals surface area contributed by atoms with Gasteiger partial charge in [-0.15, -0.1) is 0 Å². The van der Waals surface area contributed by atoms with Crippen molar-refractivity contribution in [1.82, 2.24) is 0 Å². The number of nitrogens with zero attached hydrogens (tertiary/aromatic N) is 1. The quantitative estimate of drug-likeness (QED) is 0.894. The van der Waals surface area contributed by atoms with E-state index >= 15 is 0 Å². The summed E-state index contributed by atoms with van der Waals surface area (Å²) in [6, 6.07) is 6.17. The Labute approximate surface area is 110 Å². The second-order valence-electron chi connectivity index (χ2n) is 5.85. The highest BCUT2D eigenvalue weighted by Gasteiger charge is 2.26. The van der Waals surface area contributed by atoms with E-state index in [2.05, 4.69) is 30.9 Å². The molecule has 0 amide bonds. The average molecular weight is 248 g/mol. The predicted octanol–water partition coefficient (Wildman–Crippen LogP) is 2.78. The first kappa shape index (κ1) is 13.2. The number of hydrogen-bond acceptors (Lipinski definition) is 3. The second-order valence-corrected chi connectivity index (χ2v) is 5.85. The molecule has 0 radical (unpaired) electrons. The Morgan fingerprint density at radius 2 is 1.94 bits per heavy atom. The highest BCUT2D eigenvalue weighted by Crippen LogP contribution is 2.34. The van der Waals surface area contributed by atoms with Crippen LogP contribution in [0.2, 0.25) is 0 Å². The molecule has 0 bridgehead atoms. The van der Waals surface area contributed by atoms with Crippen molar-refractivity contribution >= 4 is 5.69 Å². The van der Waals surface area contributed by atoms with Gasteiger partial charge in [0.25, 0.3) is 0 Å². The van der Waals surface area contributed by atoms with Gasteiger partial charge < -0.3 is 15.4 Å². The molecule has 2 rings (SSSR count). The summed E-state index contributed by atoms with van der Waals surface area (Å²) < 4.78 is 5.32. The van der Waals surface area contributed by atoms with Crippen molar-refractivity contribution in [1.29, 1.82) is 0 Å². The molecule has 0 atom stereocenters. The Balaban J connectivity index is 2.21. The minimum atomic E-state index is 0.470. The first-order chi connectivity index (χ1) is 8.55. The Morgan fingerprint density at radius 3 is 2.50 bits per heavy atom. The van der Waals surface area contributed by atoms with Crippen molar-refractivity contribution in [2.75, 3.05) is 25.1 Å². The van der Waals surface area contributed by atoms with Gasteiger partial charge in [0.15, 0.2) is 0 Å². The van der Waals surface area contributed by atoms with Gasteiger partial charge in [0, 0.05) is 31.4 Å². The monoisotopic (exact) mass is 248 g/mol. The van der Waals surface area contributed by atoms with Gasteiger partial charge in [-0.1, -0.05) is 19.9 Å². The third-order valence-corrected chi connectivity index (χ3v) is 3.97. The van der Waals surface area contributed by atoms with Gasteiger partial charge in [0.2, 0.25) is 0 Å². The summed E-state index contributed by atoms with van der Waals surface area (Å²) in [5.41, 5.74) is 8.75. The van der Waals surface area contributed by atoms with Crippen LogP contribution in [-0.4, -0.2) is 20.2 Å². The number of nitrogens with two attached hydrogens (primary N) is 1. The van der Waals surface area contributed by atoms with E-state index in [0.717, 1.165) is 18.8 Å². The Morgan fingerprint density at radius 1 is 1.28 bits per heavy atom. The van der Waals surface area contributed by atoms with Crippen LogP contribution in [0.1, 0.15) is 32.3 Å². The van der Waals surface area contributed by atoms with Crippen LogP contribution in [0, 0.1) is 5.41 Å². The van der Waals surface area contributed by atoms with Crippen LogP contribution in [0.4, 0.5) is 5.69 Å². The molecule has 1 aromatic carbocycles. The number of piperidine rings is 1. The minimum absolute atomic E-state index is 0.470. The Bertz CT molecular complexity index is 405. The molecule has 0 unspecified atom stereocenters. The van der Waals surface area contributed by atoms with E-state index in [4.69, 9.17) is 10.5 Å². The maximum absolute atomic E-state index is 5.83. The summed E-state index contributed by atoms with van der Waals surface area (Å²) in [4.78, 5) is 2.44. The normalized spacial score (nSPS) is 18.8. The SMILES string of the molecule is COc1ccc(CN)c(N2CCC(C)(C)CC2)c1. The fourth-order valence-corrected chi connectivity index (χ4v) is 2.49. The molecule has 0 aliphatic carbocycles. The highest BCUT2D eigenvalue weighted by molar-refractivity contribution is 5.57. The molecule has 3 nitrogen and oxygen atoms in total. The lowest BCUT2D eigenvalue weighted by Gasteiger charge is -2.39. The Kier molecular flexibility index (Phi) is 3.81. The van der Waals surface area contributed by atoms with Crippen molar-refractivity contribution in [3.63, 3.8) is 0 Å². The summed E-state index contributed by atoms with van der Waals surface area (Å²) >= 11 is 0. The van der Waals surface area contributed by atoms with Crippen LogP contribution in [0.25, 0.3) is 0 Å². The second kappa shape index (κ2) is 5.19. The van der Waals surface area contributed by atoms with E-state index in [0.29, 0.717) is 12.0 Å². The largest absolute Gasteiger partial charge is 0.497 e. The van der Waals surface area contributed by atoms with Crippen molar-refractivity contribution in [2.24, 2.45) is 11.1 Å². The smallest absolute Gasteiger partial charge is 0.120 e. The predicted molar refractivity (Wildman–Crippen MR) is 76.1 cm³/mol. The third kappa shape index (κ3) is 2.78. The standard InChI is InChI=1S/C15H24N2O/c1-15(2)6-8-17(9-7-15)14-10-13(18-3)5-4-12(14)11-16/h4-5,10H,6-9,11,16H2,1-3H3. The molecule has 1 aliphatic heterocycles. The molecule has 2 N–H and O–H groups in total. The molecule has 0 spiro atoms. The zero-order valence-corrected chi connectivity index (χ0v) is 11.7. The molecule has 1 aliphatic rings. The first-order valence-electron chi connectivity index (χ1n) is 6.68. The lowest BCUT2D eigenvalue weighted by Crippen LogP contribution is -2.37. The molecule has 1 fully saturated rings. The van der Waals surface area contributed by atoms with Gasteiger partial charge in [0.1, 0.15) is 5.75 Å². The lowest BCUT2D eigenvalue weighted by atomic mass is 9.82. The van der Waals surface area contributed by atoms with Crippen LogP contribution >= 0.6 is 0 Å². The van der Waals surface area contributed by atoms with Crippen molar-refractivity contribution in [3.8, 4) is 5.75 Å². The number of benzene rings is 1. The zero-order chi connectivity index (χ0) is 13.2. The number of rotatable bonds is 3. The van der Waals surface area contributed by atoms with Crippen molar-refractivity contribution < 1.29 is 4.74 Å². The van der Waals surface area contributed by atoms with E-state index in [1.807, 2.05) is 6.07 Å². The lowest BCUT2D eigenvalue weighted by molar-refractivity contribution is 0.279. The zero-order valence-electron chi connectivity index (χ0n) is 11.7. The fourth-order valence-electron chi connectivity index (χ4n) is 2.49. The summed E-state index contributed by atoms with van der Waals surface area (Å²) in [5.74, 6) is 0.909. The van der Waals surface area contributed by atoms with Crippen LogP contribution in [0.5, 0.6) is 5.75 Å². The number of ether oxygens (including phenoxy) is 1.